The van der Waals surface area contributed by atoms with E-state index >= 15 is 0 Å². The van der Waals surface area contributed by atoms with Gasteiger partial charge in [-0.05, 0) is 76.3 Å². The molecule has 3 aliphatic carbocycles. The third-order valence-corrected chi connectivity index (χ3v) is 5.77. The smallest absolute Gasteiger partial charge is 0.0166 e. The van der Waals surface area contributed by atoms with Gasteiger partial charge in [0.25, 0.3) is 0 Å². The number of hydrogen-bond acceptors (Lipinski definition) is 2. The molecule has 0 aromatic rings. The van der Waals surface area contributed by atoms with E-state index in [-0.39, 0.29) is 5.54 Å². The summed E-state index contributed by atoms with van der Waals surface area (Å²) in [7, 11) is 2.30. The Hall–Kier alpha value is -0.0800. The van der Waals surface area contributed by atoms with E-state index in [2.05, 4.69) is 11.9 Å². The molecule has 2 heteroatoms. The topological polar surface area (TPSA) is 29.3 Å². The van der Waals surface area contributed by atoms with Gasteiger partial charge in [-0.15, -0.1) is 0 Å². The van der Waals surface area contributed by atoms with Gasteiger partial charge in [0.2, 0.25) is 0 Å². The molecule has 3 saturated carbocycles. The highest BCUT2D eigenvalue weighted by Gasteiger charge is 2.39. The van der Waals surface area contributed by atoms with Gasteiger partial charge in [0.15, 0.2) is 0 Å². The molecule has 3 fully saturated rings. The maximum Gasteiger partial charge on any atom is 0.0166 e. The Morgan fingerprint density at radius 2 is 2.06 bits per heavy atom. The summed E-state index contributed by atoms with van der Waals surface area (Å²) in [5.41, 5.74) is 6.50. The predicted molar refractivity (Wildman–Crippen MR) is 71.8 cm³/mol. The number of nitrogens with zero attached hydrogens (tertiary/aromatic N) is 1. The minimum Gasteiger partial charge on any atom is -0.325 e. The number of rotatable bonds is 5. The summed E-state index contributed by atoms with van der Waals surface area (Å²) >= 11 is 0. The van der Waals surface area contributed by atoms with Crippen LogP contribution in [0.2, 0.25) is 0 Å². The number of hydrogen-bond donors (Lipinski definition) is 1. The van der Waals surface area contributed by atoms with Gasteiger partial charge in [0.05, 0.1) is 0 Å². The molecular weight excluding hydrogens is 208 g/mol. The summed E-state index contributed by atoms with van der Waals surface area (Å²) in [6.45, 7) is 2.54. The first-order valence-corrected chi connectivity index (χ1v) is 7.62. The van der Waals surface area contributed by atoms with Crippen molar-refractivity contribution in [2.45, 2.75) is 56.9 Å². The minimum atomic E-state index is 0.211. The van der Waals surface area contributed by atoms with E-state index in [1.165, 1.54) is 58.0 Å². The quantitative estimate of drug-likeness (QED) is 0.795. The van der Waals surface area contributed by atoms with E-state index in [9.17, 15) is 0 Å². The summed E-state index contributed by atoms with van der Waals surface area (Å²) < 4.78 is 0. The minimum absolute atomic E-state index is 0.211. The van der Waals surface area contributed by atoms with Gasteiger partial charge in [-0.25, -0.2) is 0 Å². The van der Waals surface area contributed by atoms with Crippen molar-refractivity contribution >= 4 is 0 Å². The summed E-state index contributed by atoms with van der Waals surface area (Å²) in [4.78, 5) is 2.55. The molecule has 2 nitrogen and oxygen atoms in total. The third kappa shape index (κ3) is 2.53. The van der Waals surface area contributed by atoms with E-state index in [0.717, 1.165) is 17.8 Å². The highest BCUT2D eigenvalue weighted by atomic mass is 15.1. The zero-order chi connectivity index (χ0) is 11.9. The largest absolute Gasteiger partial charge is 0.325 e. The highest BCUT2D eigenvalue weighted by molar-refractivity contribution is 4.94. The molecule has 17 heavy (non-hydrogen) atoms. The Kier molecular flexibility index (Phi) is 3.20. The molecule has 3 unspecified atom stereocenters. The Bertz CT molecular complexity index is 272. The molecule has 2 N–H and O–H groups in total. The molecule has 0 amide bonds. The van der Waals surface area contributed by atoms with Crippen LogP contribution in [0.1, 0.15) is 51.4 Å². The lowest BCUT2D eigenvalue weighted by atomic mass is 9.75. The van der Waals surface area contributed by atoms with Crippen LogP contribution >= 0.6 is 0 Å². The molecule has 3 rings (SSSR count). The summed E-state index contributed by atoms with van der Waals surface area (Å²) in [6, 6.07) is 0. The van der Waals surface area contributed by atoms with E-state index in [1.54, 1.807) is 6.42 Å². The second kappa shape index (κ2) is 4.55. The lowest BCUT2D eigenvalue weighted by Gasteiger charge is -2.39. The zero-order valence-corrected chi connectivity index (χ0v) is 11.3. The van der Waals surface area contributed by atoms with Crippen molar-refractivity contribution < 1.29 is 0 Å². The molecule has 0 saturated heterocycles. The first-order valence-electron chi connectivity index (χ1n) is 7.62. The standard InChI is InChI=1S/C15H28N2/c1-17(8-7-15(16)5-2-6-15)11-14-10-12-3-4-13(14)9-12/h12-14H,2-11,16H2,1H3. The van der Waals surface area contributed by atoms with Gasteiger partial charge in [-0.3, -0.25) is 0 Å². The van der Waals surface area contributed by atoms with Crippen LogP contribution in [0, 0.1) is 17.8 Å². The van der Waals surface area contributed by atoms with E-state index in [1.807, 2.05) is 0 Å². The molecule has 0 radical (unpaired) electrons. The van der Waals surface area contributed by atoms with Crippen LogP contribution in [0.25, 0.3) is 0 Å². The molecule has 0 aliphatic heterocycles. The fourth-order valence-corrected chi connectivity index (χ4v) is 4.39. The van der Waals surface area contributed by atoms with Crippen LogP contribution in [0.15, 0.2) is 0 Å². The van der Waals surface area contributed by atoms with Gasteiger partial charge in [-0.2, -0.15) is 0 Å². The predicted octanol–water partition coefficient (Wildman–Crippen LogP) is 2.63. The van der Waals surface area contributed by atoms with Crippen LogP contribution in [0.5, 0.6) is 0 Å². The number of fused-ring (bicyclic) bond motifs is 2. The molecule has 2 bridgehead atoms. The van der Waals surface area contributed by atoms with Crippen molar-refractivity contribution in [3.05, 3.63) is 0 Å². The van der Waals surface area contributed by atoms with Crippen molar-refractivity contribution in [2.24, 2.45) is 23.5 Å². The van der Waals surface area contributed by atoms with Gasteiger partial charge in [0, 0.05) is 12.1 Å². The van der Waals surface area contributed by atoms with Crippen molar-refractivity contribution in [1.29, 1.82) is 0 Å². The number of nitrogens with two attached hydrogens (primary N) is 1. The van der Waals surface area contributed by atoms with E-state index < -0.39 is 0 Å². The van der Waals surface area contributed by atoms with Gasteiger partial charge in [0.1, 0.15) is 0 Å². The molecular formula is C15H28N2. The van der Waals surface area contributed by atoms with Crippen LogP contribution < -0.4 is 5.73 Å². The molecule has 0 heterocycles. The van der Waals surface area contributed by atoms with E-state index in [4.69, 9.17) is 5.73 Å². The van der Waals surface area contributed by atoms with Crippen LogP contribution in [0.4, 0.5) is 0 Å². The fourth-order valence-electron chi connectivity index (χ4n) is 4.39. The van der Waals surface area contributed by atoms with Crippen molar-refractivity contribution in [2.75, 3.05) is 20.1 Å². The second-order valence-corrected chi connectivity index (χ2v) is 7.16. The lowest BCUT2D eigenvalue weighted by Crippen LogP contribution is -2.48. The lowest BCUT2D eigenvalue weighted by molar-refractivity contribution is 0.170. The Morgan fingerprint density at radius 3 is 2.59 bits per heavy atom. The SMILES string of the molecule is CN(CCC1(N)CCC1)CC1CC2CCC1C2. The summed E-state index contributed by atoms with van der Waals surface area (Å²) in [6.07, 6.45) is 11.2. The molecule has 0 aromatic heterocycles. The van der Waals surface area contributed by atoms with Gasteiger partial charge >= 0.3 is 0 Å². The Morgan fingerprint density at radius 1 is 1.24 bits per heavy atom. The summed E-state index contributed by atoms with van der Waals surface area (Å²) in [5, 5.41) is 0. The van der Waals surface area contributed by atoms with Crippen LogP contribution in [0.3, 0.4) is 0 Å². The monoisotopic (exact) mass is 236 g/mol. The molecule has 3 atom stereocenters. The Balaban J connectivity index is 1.40. The first-order chi connectivity index (χ1) is 8.15. The van der Waals surface area contributed by atoms with Gasteiger partial charge < -0.3 is 10.6 Å². The average molecular weight is 236 g/mol. The first kappa shape index (κ1) is 12.0. The molecule has 3 aliphatic rings. The average Bonchev–Trinajstić information content (AvgIpc) is 2.85. The highest BCUT2D eigenvalue weighted by Crippen LogP contribution is 2.48. The normalized spacial score (nSPS) is 38.6. The van der Waals surface area contributed by atoms with Crippen LogP contribution in [-0.4, -0.2) is 30.6 Å². The van der Waals surface area contributed by atoms with Crippen LogP contribution in [-0.2, 0) is 0 Å². The van der Waals surface area contributed by atoms with Gasteiger partial charge in [-0.1, -0.05) is 6.42 Å². The Labute approximate surface area is 106 Å². The van der Waals surface area contributed by atoms with Crippen molar-refractivity contribution in [3.8, 4) is 0 Å². The second-order valence-electron chi connectivity index (χ2n) is 7.16. The summed E-state index contributed by atoms with van der Waals surface area (Å²) in [5.74, 6) is 3.16. The zero-order valence-electron chi connectivity index (χ0n) is 11.3. The van der Waals surface area contributed by atoms with E-state index in [0.29, 0.717) is 0 Å². The maximum atomic E-state index is 6.29. The van der Waals surface area contributed by atoms with Crippen molar-refractivity contribution in [1.82, 2.24) is 4.90 Å². The van der Waals surface area contributed by atoms with Crippen molar-refractivity contribution in [3.63, 3.8) is 0 Å². The maximum absolute atomic E-state index is 6.29. The molecule has 0 spiro atoms. The third-order valence-electron chi connectivity index (χ3n) is 5.77. The molecule has 98 valence electrons. The fraction of sp³-hybridized carbons (Fsp3) is 1.00. The molecule has 0 aromatic carbocycles.